The van der Waals surface area contributed by atoms with Crippen LogP contribution in [0.15, 0.2) is 15.4 Å². The van der Waals surface area contributed by atoms with Crippen LogP contribution in [0.1, 0.15) is 27.2 Å². The van der Waals surface area contributed by atoms with Crippen LogP contribution in [-0.4, -0.2) is 23.9 Å². The molecule has 0 aromatic carbocycles. The summed E-state index contributed by atoms with van der Waals surface area (Å²) in [5.74, 6) is 1.75. The molecule has 2 aliphatic carbocycles. The van der Waals surface area contributed by atoms with Gasteiger partial charge < -0.3 is 4.84 Å². The lowest BCUT2D eigenvalue weighted by molar-refractivity contribution is 0.00776. The highest BCUT2D eigenvalue weighted by atomic mass is 16.6. The van der Waals surface area contributed by atoms with Gasteiger partial charge in [0.05, 0.1) is 11.8 Å². The number of rotatable bonds is 0. The maximum Gasteiger partial charge on any atom is 0.141 e. The van der Waals surface area contributed by atoms with Gasteiger partial charge in [-0.2, -0.15) is 10.2 Å². The maximum absolute atomic E-state index is 5.69. The summed E-state index contributed by atoms with van der Waals surface area (Å²) < 4.78 is 0. The highest BCUT2D eigenvalue weighted by molar-refractivity contribution is 5.93. The van der Waals surface area contributed by atoms with E-state index in [2.05, 4.69) is 36.2 Å². The molecule has 0 aromatic heterocycles. The molecule has 86 valence electrons. The first kappa shape index (κ1) is 9.14. The van der Waals surface area contributed by atoms with E-state index < -0.39 is 0 Å². The highest BCUT2D eigenvalue weighted by Gasteiger charge is 2.66. The molecule has 4 heteroatoms. The van der Waals surface area contributed by atoms with E-state index in [1.54, 1.807) is 0 Å². The van der Waals surface area contributed by atoms with E-state index in [0.717, 1.165) is 0 Å². The summed E-state index contributed by atoms with van der Waals surface area (Å²) in [7, 11) is 0. The molecule has 0 amide bonds. The van der Waals surface area contributed by atoms with Crippen LogP contribution in [0.4, 0.5) is 0 Å². The van der Waals surface area contributed by atoms with Crippen molar-refractivity contribution in [3.8, 4) is 0 Å². The van der Waals surface area contributed by atoms with Gasteiger partial charge in [-0.3, -0.25) is 0 Å². The average Bonchev–Trinajstić information content (AvgIpc) is 2.69. The van der Waals surface area contributed by atoms with E-state index >= 15 is 0 Å². The molecule has 2 bridgehead atoms. The zero-order valence-corrected chi connectivity index (χ0v) is 9.92. The number of nitrogens with zero attached hydrogens (tertiary/aromatic N) is 3. The van der Waals surface area contributed by atoms with Crippen molar-refractivity contribution in [1.29, 1.82) is 0 Å². The number of azo groups is 1. The lowest BCUT2D eigenvalue weighted by Crippen LogP contribution is -2.49. The Balaban J connectivity index is 1.72. The molecule has 2 saturated carbocycles. The van der Waals surface area contributed by atoms with Gasteiger partial charge in [-0.1, -0.05) is 25.9 Å². The highest BCUT2D eigenvalue weighted by Crippen LogP contribution is 2.58. The van der Waals surface area contributed by atoms with Crippen molar-refractivity contribution in [3.63, 3.8) is 0 Å². The van der Waals surface area contributed by atoms with Crippen LogP contribution in [-0.2, 0) is 4.84 Å². The second kappa shape index (κ2) is 2.49. The van der Waals surface area contributed by atoms with Gasteiger partial charge in [0.15, 0.2) is 0 Å². The van der Waals surface area contributed by atoms with Gasteiger partial charge in [0.25, 0.3) is 0 Å². The van der Waals surface area contributed by atoms with Gasteiger partial charge in [-0.05, 0) is 12.3 Å². The van der Waals surface area contributed by atoms with Gasteiger partial charge in [0.2, 0.25) is 0 Å². The fraction of sp³-hybridized carbons (Fsp3) is 0.917. The Hall–Kier alpha value is -0.930. The second-order valence-electron chi connectivity index (χ2n) is 6.60. The van der Waals surface area contributed by atoms with Gasteiger partial charge >= 0.3 is 0 Å². The number of oxime groups is 1. The molecule has 16 heavy (non-hydrogen) atoms. The molecule has 2 fully saturated rings. The van der Waals surface area contributed by atoms with Crippen molar-refractivity contribution in [3.05, 3.63) is 0 Å². The van der Waals surface area contributed by atoms with Crippen LogP contribution >= 0.6 is 0 Å². The van der Waals surface area contributed by atoms with Crippen LogP contribution < -0.4 is 0 Å². The Labute approximate surface area is 95.1 Å². The van der Waals surface area contributed by atoms with Crippen LogP contribution in [0.2, 0.25) is 0 Å². The average molecular weight is 219 g/mol. The van der Waals surface area contributed by atoms with Gasteiger partial charge in [-0.25, -0.2) is 0 Å². The number of hydrogen-bond acceptors (Lipinski definition) is 4. The zero-order valence-electron chi connectivity index (χ0n) is 9.92. The largest absolute Gasteiger partial charge is 0.391 e. The lowest BCUT2D eigenvalue weighted by Gasteiger charge is -2.37. The summed E-state index contributed by atoms with van der Waals surface area (Å²) in [6.07, 6.45) is 1.55. The first-order valence-electron chi connectivity index (χ1n) is 6.21. The van der Waals surface area contributed by atoms with Crippen molar-refractivity contribution < 1.29 is 4.84 Å². The monoisotopic (exact) mass is 219 g/mol. The minimum absolute atomic E-state index is 0.125. The van der Waals surface area contributed by atoms with Gasteiger partial charge in [-0.15, -0.1) is 0 Å². The third kappa shape index (κ3) is 0.859. The molecule has 4 aliphatic rings. The second-order valence-corrected chi connectivity index (χ2v) is 6.60. The number of hydrogen-bond donors (Lipinski definition) is 0. The van der Waals surface area contributed by atoms with E-state index in [-0.39, 0.29) is 5.41 Å². The molecule has 2 unspecified atom stereocenters. The quantitative estimate of drug-likeness (QED) is 0.616. The molecule has 6 atom stereocenters. The Morgan fingerprint density at radius 1 is 1.12 bits per heavy atom. The topological polar surface area (TPSA) is 46.3 Å². The van der Waals surface area contributed by atoms with Crippen molar-refractivity contribution in [2.75, 3.05) is 0 Å². The minimum atomic E-state index is 0.125. The molecule has 0 saturated heterocycles. The summed E-state index contributed by atoms with van der Waals surface area (Å²) in [5.41, 5.74) is 1.38. The predicted molar refractivity (Wildman–Crippen MR) is 59.3 cm³/mol. The van der Waals surface area contributed by atoms with E-state index in [0.29, 0.717) is 35.9 Å². The Morgan fingerprint density at radius 3 is 2.44 bits per heavy atom. The van der Waals surface area contributed by atoms with Crippen LogP contribution in [0.25, 0.3) is 0 Å². The molecule has 2 heterocycles. The van der Waals surface area contributed by atoms with Crippen LogP contribution in [0.5, 0.6) is 0 Å². The number of fused-ring (bicyclic) bond motifs is 8. The van der Waals surface area contributed by atoms with Gasteiger partial charge in [0, 0.05) is 17.3 Å². The molecule has 4 rings (SSSR count). The van der Waals surface area contributed by atoms with Crippen LogP contribution in [0, 0.1) is 23.2 Å². The minimum Gasteiger partial charge on any atom is -0.391 e. The molecular formula is C12H17N3O. The van der Waals surface area contributed by atoms with E-state index in [1.165, 1.54) is 12.1 Å². The van der Waals surface area contributed by atoms with Gasteiger partial charge in [0.1, 0.15) is 12.1 Å². The molecule has 0 radical (unpaired) electrons. The molecule has 0 aromatic rings. The summed E-state index contributed by atoms with van der Waals surface area (Å²) in [6, 6.07) is 0.946. The Kier molecular flexibility index (Phi) is 1.42. The van der Waals surface area contributed by atoms with Crippen molar-refractivity contribution >= 4 is 5.71 Å². The fourth-order valence-corrected chi connectivity index (χ4v) is 4.01. The third-order valence-electron chi connectivity index (χ3n) is 4.70. The lowest BCUT2D eigenvalue weighted by atomic mass is 9.71. The first-order chi connectivity index (χ1) is 7.57. The Morgan fingerprint density at radius 2 is 1.81 bits per heavy atom. The van der Waals surface area contributed by atoms with Crippen molar-refractivity contribution in [2.24, 2.45) is 38.6 Å². The Bertz CT molecular complexity index is 409. The standard InChI is InChI=1S/C12H17N3O/c1-12(2,3)11-7-5-4-6(10(7)16-15-11)9-8(5)13-14-9/h5-10H,4H2,1-3H3/t5-,6-,7?,8-,9+,10?/m0/s1. The van der Waals surface area contributed by atoms with E-state index in [1.807, 2.05) is 0 Å². The molecule has 4 nitrogen and oxygen atoms in total. The summed E-state index contributed by atoms with van der Waals surface area (Å²) in [4.78, 5) is 5.69. The maximum atomic E-state index is 5.69. The van der Waals surface area contributed by atoms with Crippen molar-refractivity contribution in [2.45, 2.75) is 45.4 Å². The summed E-state index contributed by atoms with van der Waals surface area (Å²) in [6.45, 7) is 6.68. The SMILES string of the molecule is CC(C)(C)C1=NOC2C1[C@@H]1C[C@H]2[C@H]2N=N[C@H]21. The van der Waals surface area contributed by atoms with Crippen molar-refractivity contribution in [1.82, 2.24) is 0 Å². The molecule has 0 N–H and O–H groups in total. The van der Waals surface area contributed by atoms with E-state index in [4.69, 9.17) is 4.84 Å². The molecule has 0 spiro atoms. The predicted octanol–water partition coefficient (Wildman–Crippen LogP) is 2.26. The fourth-order valence-electron chi connectivity index (χ4n) is 4.01. The zero-order chi connectivity index (χ0) is 11.1. The van der Waals surface area contributed by atoms with E-state index in [9.17, 15) is 0 Å². The summed E-state index contributed by atoms with van der Waals surface area (Å²) in [5, 5.41) is 12.9. The van der Waals surface area contributed by atoms with Crippen LogP contribution in [0.3, 0.4) is 0 Å². The first-order valence-corrected chi connectivity index (χ1v) is 6.21. The smallest absolute Gasteiger partial charge is 0.141 e. The molecular weight excluding hydrogens is 202 g/mol. The summed E-state index contributed by atoms with van der Waals surface area (Å²) >= 11 is 0. The third-order valence-corrected chi connectivity index (χ3v) is 4.70. The normalized spacial score (nSPS) is 51.8. The molecule has 2 aliphatic heterocycles.